The Bertz CT molecular complexity index is 439. The molecule has 0 atom stereocenters. The maximum atomic E-state index is 12.7. The highest BCUT2D eigenvalue weighted by atomic mass is 35.5. The molecule has 1 aromatic heterocycles. The molecule has 0 aliphatic rings. The van der Waals surface area contributed by atoms with Gasteiger partial charge in [-0.1, -0.05) is 12.1 Å². The van der Waals surface area contributed by atoms with Crippen molar-refractivity contribution in [3.63, 3.8) is 0 Å². The van der Waals surface area contributed by atoms with Crippen molar-refractivity contribution in [2.45, 2.75) is 13.1 Å². The first kappa shape index (κ1) is 12.7. The number of nitrogens with two attached hydrogens (primary N) is 1. The van der Waals surface area contributed by atoms with E-state index in [2.05, 4.69) is 5.10 Å². The second-order valence-electron chi connectivity index (χ2n) is 3.31. The topological polar surface area (TPSA) is 43.8 Å². The normalized spacial score (nSPS) is 9.88. The van der Waals surface area contributed by atoms with Crippen LogP contribution in [0, 0.1) is 5.82 Å². The molecule has 0 saturated heterocycles. The van der Waals surface area contributed by atoms with E-state index >= 15 is 0 Å². The molecule has 0 saturated carbocycles. The van der Waals surface area contributed by atoms with Crippen LogP contribution in [0.15, 0.2) is 36.5 Å². The fourth-order valence-corrected chi connectivity index (χ4v) is 1.44. The van der Waals surface area contributed by atoms with Gasteiger partial charge in [0.05, 0.1) is 12.2 Å². The van der Waals surface area contributed by atoms with E-state index in [-0.39, 0.29) is 18.2 Å². The Morgan fingerprint density at radius 2 is 1.88 bits per heavy atom. The van der Waals surface area contributed by atoms with Crippen LogP contribution in [-0.4, -0.2) is 9.78 Å². The van der Waals surface area contributed by atoms with Gasteiger partial charge in [0.25, 0.3) is 0 Å². The van der Waals surface area contributed by atoms with Gasteiger partial charge in [0.1, 0.15) is 5.82 Å². The van der Waals surface area contributed by atoms with Crippen LogP contribution < -0.4 is 5.73 Å². The van der Waals surface area contributed by atoms with Crippen LogP contribution in [0.3, 0.4) is 0 Å². The summed E-state index contributed by atoms with van der Waals surface area (Å²) in [6.45, 7) is 1.08. The van der Waals surface area contributed by atoms with Gasteiger partial charge in [0, 0.05) is 12.7 Å². The van der Waals surface area contributed by atoms with Crippen molar-refractivity contribution in [2.75, 3.05) is 0 Å². The van der Waals surface area contributed by atoms with Crippen LogP contribution in [0.2, 0.25) is 0 Å². The van der Waals surface area contributed by atoms with Crippen LogP contribution in [0.4, 0.5) is 4.39 Å². The Kier molecular flexibility index (Phi) is 4.46. The van der Waals surface area contributed by atoms with Gasteiger partial charge in [-0.3, -0.25) is 4.68 Å². The number of hydrogen-bond acceptors (Lipinski definition) is 2. The zero-order valence-electron chi connectivity index (χ0n) is 8.64. The molecule has 0 fully saturated rings. The quantitative estimate of drug-likeness (QED) is 0.893. The first-order valence-corrected chi connectivity index (χ1v) is 4.75. The van der Waals surface area contributed by atoms with Gasteiger partial charge < -0.3 is 5.73 Å². The summed E-state index contributed by atoms with van der Waals surface area (Å²) in [5.74, 6) is -0.224. The minimum Gasteiger partial charge on any atom is -0.325 e. The van der Waals surface area contributed by atoms with Gasteiger partial charge in [-0.05, 0) is 23.8 Å². The van der Waals surface area contributed by atoms with Crippen molar-refractivity contribution in [3.05, 3.63) is 53.6 Å². The summed E-state index contributed by atoms with van der Waals surface area (Å²) >= 11 is 0. The third-order valence-electron chi connectivity index (χ3n) is 2.26. The minimum absolute atomic E-state index is 0. The lowest BCUT2D eigenvalue weighted by atomic mass is 10.2. The molecule has 2 rings (SSSR count). The zero-order valence-corrected chi connectivity index (χ0v) is 9.45. The molecule has 1 heterocycles. The lowest BCUT2D eigenvalue weighted by Crippen LogP contribution is -2.09. The Morgan fingerprint density at radius 1 is 1.19 bits per heavy atom. The van der Waals surface area contributed by atoms with E-state index in [9.17, 15) is 4.39 Å². The Balaban J connectivity index is 0.00000128. The van der Waals surface area contributed by atoms with Crippen LogP contribution in [0.5, 0.6) is 0 Å². The van der Waals surface area contributed by atoms with Crippen molar-refractivity contribution in [1.82, 2.24) is 9.78 Å². The molecule has 1 aromatic carbocycles. The lowest BCUT2D eigenvalue weighted by molar-refractivity contribution is 0.620. The summed E-state index contributed by atoms with van der Waals surface area (Å²) in [4.78, 5) is 0. The minimum atomic E-state index is -0.224. The van der Waals surface area contributed by atoms with Crippen LogP contribution >= 0.6 is 12.4 Å². The van der Waals surface area contributed by atoms with Crippen LogP contribution in [-0.2, 0) is 13.1 Å². The zero-order chi connectivity index (χ0) is 10.7. The molecule has 16 heavy (non-hydrogen) atoms. The number of rotatable bonds is 3. The molecule has 0 aliphatic carbocycles. The molecular formula is C11H13ClFN3. The molecule has 86 valence electrons. The molecule has 5 heteroatoms. The number of benzene rings is 1. The maximum absolute atomic E-state index is 12.7. The summed E-state index contributed by atoms with van der Waals surface area (Å²) < 4.78 is 14.5. The van der Waals surface area contributed by atoms with Crippen LogP contribution in [0.25, 0.3) is 0 Å². The Hall–Kier alpha value is -1.39. The number of hydrogen-bond donors (Lipinski definition) is 1. The average molecular weight is 242 g/mol. The van der Waals surface area contributed by atoms with Crippen LogP contribution in [0.1, 0.15) is 11.3 Å². The second kappa shape index (κ2) is 5.63. The first-order chi connectivity index (χ1) is 7.29. The summed E-state index contributed by atoms with van der Waals surface area (Å²) in [6, 6.07) is 8.26. The summed E-state index contributed by atoms with van der Waals surface area (Å²) in [5.41, 5.74) is 7.53. The van der Waals surface area contributed by atoms with E-state index in [0.29, 0.717) is 13.1 Å². The lowest BCUT2D eigenvalue weighted by Gasteiger charge is -2.05. The summed E-state index contributed by atoms with van der Waals surface area (Å²) in [7, 11) is 0. The molecule has 2 aromatic rings. The summed E-state index contributed by atoms with van der Waals surface area (Å²) in [5, 5.41) is 4.15. The molecule has 2 N–H and O–H groups in total. The number of aromatic nitrogens is 2. The first-order valence-electron chi connectivity index (χ1n) is 4.75. The SMILES string of the molecule is Cl.NCc1ccnn1Cc1ccc(F)cc1. The molecule has 0 amide bonds. The highest BCUT2D eigenvalue weighted by Gasteiger charge is 2.01. The highest BCUT2D eigenvalue weighted by Crippen LogP contribution is 2.06. The van der Waals surface area contributed by atoms with Crippen molar-refractivity contribution in [3.8, 4) is 0 Å². The monoisotopic (exact) mass is 241 g/mol. The summed E-state index contributed by atoms with van der Waals surface area (Å²) in [6.07, 6.45) is 1.71. The van der Waals surface area contributed by atoms with E-state index in [1.807, 2.05) is 10.7 Å². The molecule has 0 bridgehead atoms. The molecule has 3 nitrogen and oxygen atoms in total. The third-order valence-corrected chi connectivity index (χ3v) is 2.26. The van der Waals surface area contributed by atoms with Gasteiger partial charge in [-0.25, -0.2) is 4.39 Å². The smallest absolute Gasteiger partial charge is 0.123 e. The standard InChI is InChI=1S/C11H12FN3.ClH/c12-10-3-1-9(2-4-10)8-15-11(7-13)5-6-14-15;/h1-6H,7-8,13H2;1H. The fraction of sp³-hybridized carbons (Fsp3) is 0.182. The van der Waals surface area contributed by atoms with Crippen molar-refractivity contribution in [2.24, 2.45) is 5.73 Å². The fourth-order valence-electron chi connectivity index (χ4n) is 1.44. The second-order valence-corrected chi connectivity index (χ2v) is 3.31. The van der Waals surface area contributed by atoms with Gasteiger partial charge in [-0.15, -0.1) is 12.4 Å². The Labute approximate surface area is 99.5 Å². The van der Waals surface area contributed by atoms with Gasteiger partial charge in [-0.2, -0.15) is 5.10 Å². The average Bonchev–Trinajstić information content (AvgIpc) is 2.69. The predicted octanol–water partition coefficient (Wildman–Crippen LogP) is 1.95. The van der Waals surface area contributed by atoms with E-state index < -0.39 is 0 Å². The van der Waals surface area contributed by atoms with Gasteiger partial charge in [0.2, 0.25) is 0 Å². The molecule has 0 radical (unpaired) electrons. The van der Waals surface area contributed by atoms with Crippen molar-refractivity contribution >= 4 is 12.4 Å². The maximum Gasteiger partial charge on any atom is 0.123 e. The molecule has 0 aliphatic heterocycles. The third kappa shape index (κ3) is 2.81. The number of halogens is 2. The molecular weight excluding hydrogens is 229 g/mol. The highest BCUT2D eigenvalue weighted by molar-refractivity contribution is 5.85. The number of nitrogens with zero attached hydrogens (tertiary/aromatic N) is 2. The van der Waals surface area contributed by atoms with Crippen molar-refractivity contribution < 1.29 is 4.39 Å². The largest absolute Gasteiger partial charge is 0.325 e. The molecule has 0 unspecified atom stereocenters. The van der Waals surface area contributed by atoms with Gasteiger partial charge >= 0.3 is 0 Å². The van der Waals surface area contributed by atoms with Crippen molar-refractivity contribution in [1.29, 1.82) is 0 Å². The van der Waals surface area contributed by atoms with E-state index in [1.54, 1.807) is 18.3 Å². The van der Waals surface area contributed by atoms with E-state index in [4.69, 9.17) is 5.73 Å². The van der Waals surface area contributed by atoms with Gasteiger partial charge in [0.15, 0.2) is 0 Å². The Morgan fingerprint density at radius 3 is 2.50 bits per heavy atom. The predicted molar refractivity (Wildman–Crippen MR) is 62.9 cm³/mol. The molecule has 0 spiro atoms. The van der Waals surface area contributed by atoms with E-state index in [1.165, 1.54) is 12.1 Å². The van der Waals surface area contributed by atoms with E-state index in [0.717, 1.165) is 11.3 Å².